The summed E-state index contributed by atoms with van der Waals surface area (Å²) in [6.07, 6.45) is 5.92. The number of rotatable bonds is 3. The van der Waals surface area contributed by atoms with Crippen LogP contribution in [0.15, 0.2) is 30.4 Å². The third-order valence-corrected chi connectivity index (χ3v) is 4.02. The maximum absolute atomic E-state index is 13.4. The van der Waals surface area contributed by atoms with Crippen molar-refractivity contribution < 1.29 is 18.3 Å². The summed E-state index contributed by atoms with van der Waals surface area (Å²) in [6, 6.07) is 3.31. The van der Waals surface area contributed by atoms with Gasteiger partial charge in [0.05, 0.1) is 6.04 Å². The maximum Gasteiger partial charge on any atom is 0.315 e. The van der Waals surface area contributed by atoms with E-state index in [9.17, 15) is 13.6 Å². The van der Waals surface area contributed by atoms with Gasteiger partial charge >= 0.3 is 6.03 Å². The lowest BCUT2D eigenvalue weighted by Crippen LogP contribution is -2.46. The third-order valence-electron chi connectivity index (χ3n) is 4.02. The summed E-state index contributed by atoms with van der Waals surface area (Å²) < 4.78 is 31.9. The van der Waals surface area contributed by atoms with Crippen LogP contribution in [-0.4, -0.2) is 24.7 Å². The number of urea groups is 1. The molecule has 6 heteroatoms. The Kier molecular flexibility index (Phi) is 4.38. The van der Waals surface area contributed by atoms with Gasteiger partial charge in [-0.25, -0.2) is 13.6 Å². The average Bonchev–Trinajstić information content (AvgIpc) is 3.13. The molecular formula is C16H18F2N2O2. The van der Waals surface area contributed by atoms with Crippen molar-refractivity contribution in [2.24, 2.45) is 0 Å². The zero-order valence-electron chi connectivity index (χ0n) is 12.0. The lowest BCUT2D eigenvalue weighted by molar-refractivity contribution is 0.0994. The Morgan fingerprint density at radius 2 is 1.91 bits per heavy atom. The second kappa shape index (κ2) is 6.44. The number of hydrogen-bond donors (Lipinski definition) is 2. The van der Waals surface area contributed by atoms with Gasteiger partial charge in [0, 0.05) is 12.6 Å². The van der Waals surface area contributed by atoms with E-state index >= 15 is 0 Å². The summed E-state index contributed by atoms with van der Waals surface area (Å²) in [5, 5.41) is 5.77. The SMILES string of the molecule is O=C(NC1CC=CC1)N[C@@H]1CCO[C@@H]1c1ccc(F)c(F)c1. The Bertz CT molecular complexity index is 584. The molecule has 1 saturated heterocycles. The van der Waals surface area contributed by atoms with E-state index in [0.29, 0.717) is 18.6 Å². The van der Waals surface area contributed by atoms with Crippen molar-refractivity contribution in [3.8, 4) is 0 Å². The molecule has 0 spiro atoms. The standard InChI is InChI=1S/C16H18F2N2O2/c17-12-6-5-10(9-13(12)18)15-14(7-8-22-15)20-16(21)19-11-3-1-2-4-11/h1-2,5-6,9,11,14-15H,3-4,7-8H2,(H2,19,20,21)/t14-,15-/m1/s1. The van der Waals surface area contributed by atoms with Crippen LogP contribution in [-0.2, 0) is 4.74 Å². The Labute approximate surface area is 127 Å². The van der Waals surface area contributed by atoms with Crippen LogP contribution in [0.5, 0.6) is 0 Å². The molecule has 2 aliphatic rings. The molecule has 1 aromatic rings. The first-order valence-electron chi connectivity index (χ1n) is 7.42. The molecule has 4 nitrogen and oxygen atoms in total. The van der Waals surface area contributed by atoms with Gasteiger partial charge in [0.2, 0.25) is 0 Å². The summed E-state index contributed by atoms with van der Waals surface area (Å²) in [5.74, 6) is -1.80. The number of ether oxygens (including phenoxy) is 1. The molecule has 1 aliphatic heterocycles. The minimum absolute atomic E-state index is 0.129. The molecule has 1 aromatic carbocycles. The normalized spacial score (nSPS) is 24.6. The molecule has 0 saturated carbocycles. The van der Waals surface area contributed by atoms with Crippen molar-refractivity contribution >= 4 is 6.03 Å². The summed E-state index contributed by atoms with van der Waals surface area (Å²) in [6.45, 7) is 0.472. The first-order chi connectivity index (χ1) is 10.6. The highest BCUT2D eigenvalue weighted by Crippen LogP contribution is 2.30. The quantitative estimate of drug-likeness (QED) is 0.844. The number of benzene rings is 1. The van der Waals surface area contributed by atoms with Gasteiger partial charge in [-0.1, -0.05) is 18.2 Å². The molecule has 1 aliphatic carbocycles. The van der Waals surface area contributed by atoms with Crippen molar-refractivity contribution in [1.82, 2.24) is 10.6 Å². The number of nitrogens with one attached hydrogen (secondary N) is 2. The number of amides is 2. The van der Waals surface area contributed by atoms with E-state index in [0.717, 1.165) is 25.0 Å². The van der Waals surface area contributed by atoms with Gasteiger partial charge in [0.1, 0.15) is 6.10 Å². The number of halogens is 2. The van der Waals surface area contributed by atoms with Gasteiger partial charge in [-0.3, -0.25) is 0 Å². The van der Waals surface area contributed by atoms with Crippen molar-refractivity contribution in [2.45, 2.75) is 37.5 Å². The fourth-order valence-electron chi connectivity index (χ4n) is 2.89. The molecule has 2 N–H and O–H groups in total. The van der Waals surface area contributed by atoms with Gasteiger partial charge < -0.3 is 15.4 Å². The molecule has 2 atom stereocenters. The summed E-state index contributed by atoms with van der Waals surface area (Å²) in [5.41, 5.74) is 0.532. The van der Waals surface area contributed by atoms with E-state index in [-0.39, 0.29) is 18.1 Å². The second-order valence-electron chi connectivity index (χ2n) is 5.62. The van der Waals surface area contributed by atoms with Crippen molar-refractivity contribution in [2.75, 3.05) is 6.61 Å². The van der Waals surface area contributed by atoms with Gasteiger partial charge in [-0.2, -0.15) is 0 Å². The van der Waals surface area contributed by atoms with Crippen LogP contribution in [0.3, 0.4) is 0 Å². The molecule has 1 fully saturated rings. The monoisotopic (exact) mass is 308 g/mol. The fraction of sp³-hybridized carbons (Fsp3) is 0.438. The predicted molar refractivity (Wildman–Crippen MR) is 77.3 cm³/mol. The Morgan fingerprint density at radius 3 is 2.64 bits per heavy atom. The van der Waals surface area contributed by atoms with Crippen LogP contribution >= 0.6 is 0 Å². The van der Waals surface area contributed by atoms with Crippen LogP contribution in [0.4, 0.5) is 13.6 Å². The lowest BCUT2D eigenvalue weighted by Gasteiger charge is -2.22. The van der Waals surface area contributed by atoms with Gasteiger partial charge in [0.25, 0.3) is 0 Å². The smallest absolute Gasteiger partial charge is 0.315 e. The molecule has 3 rings (SSSR count). The van der Waals surface area contributed by atoms with Crippen molar-refractivity contribution in [3.05, 3.63) is 47.5 Å². The van der Waals surface area contributed by atoms with Crippen LogP contribution < -0.4 is 10.6 Å². The third kappa shape index (κ3) is 3.27. The zero-order chi connectivity index (χ0) is 15.5. The Hall–Kier alpha value is -1.95. The number of carbonyl (C=O) groups excluding carboxylic acids is 1. The largest absolute Gasteiger partial charge is 0.371 e. The number of carbonyl (C=O) groups is 1. The molecular weight excluding hydrogens is 290 g/mol. The van der Waals surface area contributed by atoms with E-state index in [1.165, 1.54) is 6.07 Å². The highest BCUT2D eigenvalue weighted by atomic mass is 19.2. The van der Waals surface area contributed by atoms with Gasteiger partial charge in [0.15, 0.2) is 11.6 Å². The Balaban J connectivity index is 1.62. The summed E-state index contributed by atoms with van der Waals surface area (Å²) >= 11 is 0. The van der Waals surface area contributed by atoms with Crippen molar-refractivity contribution in [3.63, 3.8) is 0 Å². The molecule has 2 amide bonds. The van der Waals surface area contributed by atoms with Gasteiger partial charge in [-0.15, -0.1) is 0 Å². The number of hydrogen-bond acceptors (Lipinski definition) is 2. The Morgan fingerprint density at radius 1 is 1.14 bits per heavy atom. The van der Waals surface area contributed by atoms with Gasteiger partial charge in [-0.05, 0) is 37.0 Å². The molecule has 118 valence electrons. The van der Waals surface area contributed by atoms with Crippen LogP contribution in [0.2, 0.25) is 0 Å². The van der Waals surface area contributed by atoms with E-state index in [2.05, 4.69) is 10.6 Å². The highest BCUT2D eigenvalue weighted by Gasteiger charge is 2.31. The molecule has 0 unspecified atom stereocenters. The molecule has 0 bridgehead atoms. The van der Waals surface area contributed by atoms with E-state index < -0.39 is 17.7 Å². The average molecular weight is 308 g/mol. The predicted octanol–water partition coefficient (Wildman–Crippen LogP) is 2.81. The summed E-state index contributed by atoms with van der Waals surface area (Å²) in [7, 11) is 0. The second-order valence-corrected chi connectivity index (χ2v) is 5.62. The molecule has 0 aromatic heterocycles. The van der Waals surface area contributed by atoms with E-state index in [4.69, 9.17) is 4.74 Å². The molecule has 22 heavy (non-hydrogen) atoms. The molecule has 1 heterocycles. The topological polar surface area (TPSA) is 50.4 Å². The highest BCUT2D eigenvalue weighted by molar-refractivity contribution is 5.74. The van der Waals surface area contributed by atoms with Crippen LogP contribution in [0, 0.1) is 11.6 Å². The molecule has 0 radical (unpaired) electrons. The fourth-order valence-corrected chi connectivity index (χ4v) is 2.89. The van der Waals surface area contributed by atoms with Crippen molar-refractivity contribution in [1.29, 1.82) is 0 Å². The lowest BCUT2D eigenvalue weighted by atomic mass is 10.0. The minimum Gasteiger partial charge on any atom is -0.371 e. The van der Waals surface area contributed by atoms with E-state index in [1.807, 2.05) is 12.2 Å². The zero-order valence-corrected chi connectivity index (χ0v) is 12.0. The van der Waals surface area contributed by atoms with Crippen LogP contribution in [0.25, 0.3) is 0 Å². The first-order valence-corrected chi connectivity index (χ1v) is 7.42. The maximum atomic E-state index is 13.4. The van der Waals surface area contributed by atoms with Crippen LogP contribution in [0.1, 0.15) is 30.9 Å². The summed E-state index contributed by atoms with van der Waals surface area (Å²) in [4.78, 5) is 12.0. The van der Waals surface area contributed by atoms with E-state index in [1.54, 1.807) is 0 Å². The minimum atomic E-state index is -0.909. The first kappa shape index (κ1) is 15.0.